The van der Waals surface area contributed by atoms with Gasteiger partial charge in [-0.25, -0.2) is 4.39 Å². The van der Waals surface area contributed by atoms with Crippen LogP contribution in [0, 0.1) is 5.82 Å². The van der Waals surface area contributed by atoms with Crippen molar-refractivity contribution in [3.05, 3.63) is 29.6 Å². The van der Waals surface area contributed by atoms with E-state index in [1.54, 1.807) is 17.8 Å². The van der Waals surface area contributed by atoms with E-state index in [1.165, 1.54) is 32.1 Å². The van der Waals surface area contributed by atoms with Gasteiger partial charge in [0.15, 0.2) is 0 Å². The van der Waals surface area contributed by atoms with Gasteiger partial charge in [0.25, 0.3) is 0 Å². The molecule has 1 saturated carbocycles. The molecule has 1 N–H and O–H groups in total. The van der Waals surface area contributed by atoms with Crippen LogP contribution in [0.2, 0.25) is 0 Å². The second-order valence-electron chi connectivity index (χ2n) is 4.94. The quantitative estimate of drug-likeness (QED) is 0.555. The van der Waals surface area contributed by atoms with Crippen LogP contribution < -0.4 is 5.32 Å². The Morgan fingerprint density at radius 2 is 2.17 bits per heavy atom. The van der Waals surface area contributed by atoms with Crippen LogP contribution in [-0.4, -0.2) is 11.8 Å². The third kappa shape index (κ3) is 4.29. The first kappa shape index (κ1) is 13.9. The predicted molar refractivity (Wildman–Crippen MR) is 76.5 cm³/mol. The molecule has 3 heteroatoms. The number of unbranched alkanes of at least 4 members (excludes halogenated alkanes) is 2. The van der Waals surface area contributed by atoms with Gasteiger partial charge in [-0.1, -0.05) is 31.9 Å². The van der Waals surface area contributed by atoms with Gasteiger partial charge in [-0.15, -0.1) is 11.8 Å². The van der Waals surface area contributed by atoms with Crippen LogP contribution in [0.5, 0.6) is 0 Å². The van der Waals surface area contributed by atoms with Crippen molar-refractivity contribution < 1.29 is 4.39 Å². The highest BCUT2D eigenvalue weighted by Gasteiger charge is 2.20. The maximum absolute atomic E-state index is 13.9. The Labute approximate surface area is 114 Å². The Bertz CT molecular complexity index is 377. The van der Waals surface area contributed by atoms with Gasteiger partial charge in [-0.3, -0.25) is 0 Å². The van der Waals surface area contributed by atoms with Crippen LogP contribution in [0.25, 0.3) is 0 Å². The number of benzene rings is 1. The summed E-state index contributed by atoms with van der Waals surface area (Å²) in [5.74, 6) is 0.956. The first-order valence-electron chi connectivity index (χ1n) is 6.95. The van der Waals surface area contributed by atoms with E-state index in [0.717, 1.165) is 22.8 Å². The number of thioether (sulfide) groups is 1. The maximum Gasteiger partial charge on any atom is 0.137 e. The number of nitrogens with one attached hydrogen (secondary N) is 1. The monoisotopic (exact) mass is 267 g/mol. The Balaban J connectivity index is 1.91. The molecule has 0 bridgehead atoms. The van der Waals surface area contributed by atoms with E-state index in [9.17, 15) is 4.39 Å². The third-order valence-electron chi connectivity index (χ3n) is 3.20. The summed E-state index contributed by atoms with van der Waals surface area (Å²) in [6.45, 7) is 3.00. The van der Waals surface area contributed by atoms with Crippen molar-refractivity contribution in [1.82, 2.24) is 5.32 Å². The van der Waals surface area contributed by atoms with Gasteiger partial charge in [0.05, 0.1) is 0 Å². The zero-order chi connectivity index (χ0) is 12.8. The third-order valence-corrected chi connectivity index (χ3v) is 4.44. The highest BCUT2D eigenvalue weighted by atomic mass is 32.2. The second kappa shape index (κ2) is 7.15. The molecule has 18 heavy (non-hydrogen) atoms. The zero-order valence-electron chi connectivity index (χ0n) is 11.0. The molecule has 1 aliphatic carbocycles. The van der Waals surface area contributed by atoms with Crippen LogP contribution >= 0.6 is 11.8 Å². The summed E-state index contributed by atoms with van der Waals surface area (Å²) in [7, 11) is 0. The number of hydrogen-bond donors (Lipinski definition) is 1. The lowest BCUT2D eigenvalue weighted by atomic mass is 10.2. The van der Waals surface area contributed by atoms with Crippen molar-refractivity contribution in [2.45, 2.75) is 56.5 Å². The molecule has 0 saturated heterocycles. The van der Waals surface area contributed by atoms with Crippen LogP contribution in [0.1, 0.15) is 44.6 Å². The fourth-order valence-electron chi connectivity index (χ4n) is 1.92. The van der Waals surface area contributed by atoms with Gasteiger partial charge in [0.2, 0.25) is 0 Å². The van der Waals surface area contributed by atoms with Gasteiger partial charge >= 0.3 is 0 Å². The molecule has 0 heterocycles. The van der Waals surface area contributed by atoms with Gasteiger partial charge < -0.3 is 5.32 Å². The van der Waals surface area contributed by atoms with Crippen molar-refractivity contribution in [3.8, 4) is 0 Å². The topological polar surface area (TPSA) is 12.0 Å². The molecule has 0 unspecified atom stereocenters. The summed E-state index contributed by atoms with van der Waals surface area (Å²) in [6, 6.07) is 6.10. The van der Waals surface area contributed by atoms with Crippen LogP contribution in [-0.2, 0) is 6.54 Å². The van der Waals surface area contributed by atoms with Crippen LogP contribution in [0.15, 0.2) is 23.1 Å². The minimum Gasteiger partial charge on any atom is -0.310 e. The molecule has 1 aliphatic rings. The predicted octanol–water partition coefficient (Wildman–Crippen LogP) is 4.36. The minimum atomic E-state index is -0.0633. The Kier molecular flexibility index (Phi) is 5.51. The Hall–Kier alpha value is -0.540. The van der Waals surface area contributed by atoms with E-state index in [0.29, 0.717) is 6.04 Å². The highest BCUT2D eigenvalue weighted by molar-refractivity contribution is 7.99. The normalized spacial score (nSPS) is 15.0. The van der Waals surface area contributed by atoms with Gasteiger partial charge in [0.1, 0.15) is 5.82 Å². The molecule has 1 aromatic rings. The van der Waals surface area contributed by atoms with Gasteiger partial charge in [-0.05, 0) is 36.6 Å². The molecule has 100 valence electrons. The Morgan fingerprint density at radius 1 is 1.33 bits per heavy atom. The lowest BCUT2D eigenvalue weighted by Crippen LogP contribution is -2.16. The molecule has 0 radical (unpaired) electrons. The summed E-state index contributed by atoms with van der Waals surface area (Å²) < 4.78 is 13.9. The fourth-order valence-corrected chi connectivity index (χ4v) is 3.01. The summed E-state index contributed by atoms with van der Waals surface area (Å²) in [5, 5.41) is 3.46. The van der Waals surface area contributed by atoms with Crippen molar-refractivity contribution in [2.24, 2.45) is 0 Å². The second-order valence-corrected chi connectivity index (χ2v) is 6.04. The maximum atomic E-state index is 13.9. The van der Waals surface area contributed by atoms with Crippen molar-refractivity contribution in [3.63, 3.8) is 0 Å². The Morgan fingerprint density at radius 3 is 2.89 bits per heavy atom. The standard InChI is InChI=1S/C15H22FNS/c1-2-3-4-10-18-15-12(6-5-7-14(15)16)11-17-13-8-9-13/h5-7,13,17H,2-4,8-11H2,1H3. The van der Waals surface area contributed by atoms with E-state index in [2.05, 4.69) is 12.2 Å². The fraction of sp³-hybridized carbons (Fsp3) is 0.600. The molecule has 0 aromatic heterocycles. The lowest BCUT2D eigenvalue weighted by molar-refractivity contribution is 0.588. The average Bonchev–Trinajstić information content (AvgIpc) is 3.18. The first-order chi connectivity index (χ1) is 8.81. The molecule has 1 aromatic carbocycles. The lowest BCUT2D eigenvalue weighted by Gasteiger charge is -2.11. The van der Waals surface area contributed by atoms with Crippen molar-refractivity contribution in [1.29, 1.82) is 0 Å². The first-order valence-corrected chi connectivity index (χ1v) is 7.93. The number of halogens is 1. The van der Waals surface area contributed by atoms with Crippen LogP contribution in [0.3, 0.4) is 0 Å². The minimum absolute atomic E-state index is 0.0633. The highest BCUT2D eigenvalue weighted by Crippen LogP contribution is 2.28. The molecule has 0 spiro atoms. The van der Waals surface area contributed by atoms with E-state index in [-0.39, 0.29) is 5.82 Å². The zero-order valence-corrected chi connectivity index (χ0v) is 11.9. The average molecular weight is 267 g/mol. The summed E-state index contributed by atoms with van der Waals surface area (Å²) in [4.78, 5) is 0.849. The molecular weight excluding hydrogens is 245 g/mol. The van der Waals surface area contributed by atoms with E-state index >= 15 is 0 Å². The molecule has 1 fully saturated rings. The van der Waals surface area contributed by atoms with Crippen molar-refractivity contribution in [2.75, 3.05) is 5.75 Å². The smallest absolute Gasteiger partial charge is 0.137 e. The van der Waals surface area contributed by atoms with Gasteiger partial charge in [-0.2, -0.15) is 0 Å². The summed E-state index contributed by atoms with van der Waals surface area (Å²) in [5.41, 5.74) is 1.11. The number of rotatable bonds is 8. The van der Waals surface area contributed by atoms with E-state index < -0.39 is 0 Å². The van der Waals surface area contributed by atoms with E-state index in [1.807, 2.05) is 12.1 Å². The van der Waals surface area contributed by atoms with Crippen LogP contribution in [0.4, 0.5) is 4.39 Å². The molecule has 2 rings (SSSR count). The molecule has 1 nitrogen and oxygen atoms in total. The van der Waals surface area contributed by atoms with E-state index in [4.69, 9.17) is 0 Å². The molecule has 0 amide bonds. The summed E-state index contributed by atoms with van der Waals surface area (Å²) in [6.07, 6.45) is 6.17. The van der Waals surface area contributed by atoms with Gasteiger partial charge in [0, 0.05) is 17.5 Å². The molecule has 0 aliphatic heterocycles. The molecule has 0 atom stereocenters. The largest absolute Gasteiger partial charge is 0.310 e. The SMILES string of the molecule is CCCCCSc1c(F)cccc1CNC1CC1. The van der Waals surface area contributed by atoms with Crippen molar-refractivity contribution >= 4 is 11.8 Å². The number of hydrogen-bond acceptors (Lipinski definition) is 2. The molecular formula is C15H22FNS. The summed E-state index contributed by atoms with van der Waals surface area (Å²) >= 11 is 1.67.